The zero-order valence-corrected chi connectivity index (χ0v) is 11.9. The van der Waals surface area contributed by atoms with Crippen molar-refractivity contribution in [2.24, 2.45) is 0 Å². The number of benzene rings is 1. The number of nitrogens with two attached hydrogens (primary N) is 1. The molecular weight excluding hydrogens is 270 g/mol. The van der Waals surface area contributed by atoms with Crippen LogP contribution in [0.4, 0.5) is 5.69 Å². The Kier molecular flexibility index (Phi) is 12.2. The molecule has 0 aliphatic carbocycles. The van der Waals surface area contributed by atoms with Gasteiger partial charge < -0.3 is 15.9 Å². The van der Waals surface area contributed by atoms with Crippen LogP contribution in [0.2, 0.25) is 0 Å². The lowest BCUT2D eigenvalue weighted by molar-refractivity contribution is 0.215. The van der Waals surface area contributed by atoms with Crippen molar-refractivity contribution in [3.05, 3.63) is 28.7 Å². The Hall–Kier alpha value is -0.580. The van der Waals surface area contributed by atoms with Crippen molar-refractivity contribution in [1.82, 2.24) is 0 Å². The highest BCUT2D eigenvalue weighted by atomic mass is 79.9. The molecule has 94 valence electrons. The molecule has 0 spiro atoms. The minimum Gasteiger partial charge on any atom is -0.399 e. The summed E-state index contributed by atoms with van der Waals surface area (Å²) < 4.78 is 1.06. The smallest absolute Gasteiger partial charge is 0.0483 e. The summed E-state index contributed by atoms with van der Waals surface area (Å²) in [5.74, 6) is 0. The number of aliphatic hydroxyl groups is 2. The molecule has 0 bridgehead atoms. The fourth-order valence-corrected chi connectivity index (χ4v) is 0.727. The minimum absolute atomic E-state index is 0.167. The van der Waals surface area contributed by atoms with Crippen molar-refractivity contribution < 1.29 is 10.2 Å². The number of rotatable bonds is 0. The third-order valence-electron chi connectivity index (χ3n) is 0.870. The Labute approximate surface area is 106 Å². The Morgan fingerprint density at radius 3 is 1.38 bits per heavy atom. The van der Waals surface area contributed by atoms with Crippen LogP contribution in [0.15, 0.2) is 28.7 Å². The molecule has 0 aromatic heterocycles. The molecular formula is C12H22BrNO2. The molecule has 3 nitrogen and oxygen atoms in total. The minimum atomic E-state index is -0.167. The van der Waals surface area contributed by atoms with Crippen LogP contribution < -0.4 is 5.73 Å². The van der Waals surface area contributed by atoms with Gasteiger partial charge in [-0.25, -0.2) is 0 Å². The Morgan fingerprint density at radius 2 is 1.19 bits per heavy atom. The molecule has 0 heterocycles. The average molecular weight is 292 g/mol. The molecule has 16 heavy (non-hydrogen) atoms. The van der Waals surface area contributed by atoms with Crippen LogP contribution in [-0.2, 0) is 0 Å². The summed E-state index contributed by atoms with van der Waals surface area (Å²) in [7, 11) is 0. The highest BCUT2D eigenvalue weighted by Crippen LogP contribution is 2.10. The summed E-state index contributed by atoms with van der Waals surface area (Å²) in [4.78, 5) is 0. The Morgan fingerprint density at radius 1 is 0.938 bits per heavy atom. The van der Waals surface area contributed by atoms with Crippen molar-refractivity contribution in [2.45, 2.75) is 39.9 Å². The van der Waals surface area contributed by atoms with Gasteiger partial charge in [0.1, 0.15) is 0 Å². The maximum Gasteiger partial charge on any atom is 0.0483 e. The molecule has 0 radical (unpaired) electrons. The van der Waals surface area contributed by atoms with Crippen molar-refractivity contribution in [1.29, 1.82) is 0 Å². The standard InChI is InChI=1S/C6H6BrN.2C3H8O/c7-5-1-3-6(8)4-2-5;2*1-3(2)4/h1-4H,8H2;2*3-4H,1-2H3. The fourth-order valence-electron chi connectivity index (χ4n) is 0.463. The van der Waals surface area contributed by atoms with Gasteiger partial charge >= 0.3 is 0 Å². The van der Waals surface area contributed by atoms with Crippen LogP contribution in [0.5, 0.6) is 0 Å². The number of hydrogen-bond acceptors (Lipinski definition) is 3. The predicted molar refractivity (Wildman–Crippen MR) is 73.3 cm³/mol. The fraction of sp³-hybridized carbons (Fsp3) is 0.500. The van der Waals surface area contributed by atoms with Gasteiger partial charge in [-0.2, -0.15) is 0 Å². The first-order valence-corrected chi connectivity index (χ1v) is 5.92. The number of nitrogen functional groups attached to an aromatic ring is 1. The molecule has 1 aromatic carbocycles. The number of aliphatic hydroxyl groups excluding tert-OH is 2. The first-order chi connectivity index (χ1) is 7.25. The van der Waals surface area contributed by atoms with E-state index in [9.17, 15) is 0 Å². The molecule has 0 aliphatic rings. The summed E-state index contributed by atoms with van der Waals surface area (Å²) in [6.45, 7) is 6.89. The molecule has 4 heteroatoms. The second-order valence-corrected chi connectivity index (χ2v) is 4.65. The van der Waals surface area contributed by atoms with Crippen LogP contribution >= 0.6 is 15.9 Å². The normalized spacial score (nSPS) is 9.06. The third-order valence-corrected chi connectivity index (χ3v) is 1.40. The first kappa shape index (κ1) is 17.8. The molecule has 0 fully saturated rings. The second-order valence-electron chi connectivity index (χ2n) is 3.74. The van der Waals surface area contributed by atoms with Crippen LogP contribution in [-0.4, -0.2) is 22.4 Å². The van der Waals surface area contributed by atoms with Crippen molar-refractivity contribution in [3.63, 3.8) is 0 Å². The molecule has 1 aromatic rings. The van der Waals surface area contributed by atoms with Crippen molar-refractivity contribution in [3.8, 4) is 0 Å². The zero-order valence-electron chi connectivity index (χ0n) is 10.3. The van der Waals surface area contributed by atoms with Crippen LogP contribution in [0.25, 0.3) is 0 Å². The topological polar surface area (TPSA) is 66.5 Å². The van der Waals surface area contributed by atoms with E-state index in [1.54, 1.807) is 27.7 Å². The van der Waals surface area contributed by atoms with E-state index >= 15 is 0 Å². The van der Waals surface area contributed by atoms with E-state index < -0.39 is 0 Å². The molecule has 0 aliphatic heterocycles. The molecule has 0 atom stereocenters. The van der Waals surface area contributed by atoms with Gasteiger partial charge in [0, 0.05) is 22.4 Å². The maximum absolute atomic E-state index is 8.06. The van der Waals surface area contributed by atoms with Gasteiger partial charge in [-0.1, -0.05) is 15.9 Å². The van der Waals surface area contributed by atoms with E-state index in [4.69, 9.17) is 15.9 Å². The SMILES string of the molecule is CC(C)O.CC(C)O.Nc1ccc(Br)cc1. The molecule has 0 unspecified atom stereocenters. The Bertz CT molecular complexity index is 215. The maximum atomic E-state index is 8.06. The lowest BCUT2D eigenvalue weighted by Crippen LogP contribution is -1.85. The number of hydrogen-bond donors (Lipinski definition) is 3. The summed E-state index contributed by atoms with van der Waals surface area (Å²) in [6.07, 6.45) is -0.333. The summed E-state index contributed by atoms with van der Waals surface area (Å²) in [5, 5.41) is 16.1. The van der Waals surface area contributed by atoms with Crippen LogP contribution in [0.3, 0.4) is 0 Å². The Balaban J connectivity index is 0. The quantitative estimate of drug-likeness (QED) is 0.644. The third kappa shape index (κ3) is 23.3. The van der Waals surface area contributed by atoms with Gasteiger partial charge in [-0.15, -0.1) is 0 Å². The molecule has 4 N–H and O–H groups in total. The van der Waals surface area contributed by atoms with Crippen molar-refractivity contribution >= 4 is 21.6 Å². The number of halogens is 1. The van der Waals surface area contributed by atoms with Crippen molar-refractivity contribution in [2.75, 3.05) is 5.73 Å². The first-order valence-electron chi connectivity index (χ1n) is 5.12. The highest BCUT2D eigenvalue weighted by molar-refractivity contribution is 9.10. The largest absolute Gasteiger partial charge is 0.399 e. The average Bonchev–Trinajstić information content (AvgIpc) is 2.08. The highest BCUT2D eigenvalue weighted by Gasteiger charge is 1.81. The van der Waals surface area contributed by atoms with Gasteiger partial charge in [-0.3, -0.25) is 0 Å². The lowest BCUT2D eigenvalue weighted by atomic mass is 10.3. The summed E-state index contributed by atoms with van der Waals surface area (Å²) >= 11 is 3.29. The van der Waals surface area contributed by atoms with Gasteiger partial charge in [0.05, 0.1) is 0 Å². The monoisotopic (exact) mass is 291 g/mol. The second kappa shape index (κ2) is 10.9. The summed E-state index contributed by atoms with van der Waals surface area (Å²) in [5.41, 5.74) is 6.21. The van der Waals surface area contributed by atoms with Gasteiger partial charge in [0.2, 0.25) is 0 Å². The van der Waals surface area contributed by atoms with Gasteiger partial charge in [0.15, 0.2) is 0 Å². The summed E-state index contributed by atoms with van der Waals surface area (Å²) in [6, 6.07) is 7.53. The predicted octanol–water partition coefficient (Wildman–Crippen LogP) is 2.81. The number of anilines is 1. The molecule has 0 saturated heterocycles. The van der Waals surface area contributed by atoms with E-state index in [2.05, 4.69) is 15.9 Å². The van der Waals surface area contributed by atoms with Gasteiger partial charge in [-0.05, 0) is 52.0 Å². The van der Waals surface area contributed by atoms with Gasteiger partial charge in [0.25, 0.3) is 0 Å². The molecule has 0 amide bonds. The van der Waals surface area contributed by atoms with Crippen LogP contribution in [0.1, 0.15) is 27.7 Å². The zero-order chi connectivity index (χ0) is 13.1. The molecule has 0 saturated carbocycles. The lowest BCUT2D eigenvalue weighted by Gasteiger charge is -1.88. The van der Waals surface area contributed by atoms with E-state index in [1.165, 1.54) is 0 Å². The van der Waals surface area contributed by atoms with E-state index in [0.29, 0.717) is 0 Å². The molecule has 1 rings (SSSR count). The van der Waals surface area contributed by atoms with Crippen LogP contribution in [0, 0.1) is 0 Å². The van der Waals surface area contributed by atoms with E-state index in [-0.39, 0.29) is 12.2 Å². The van der Waals surface area contributed by atoms with E-state index in [1.807, 2.05) is 24.3 Å². The van der Waals surface area contributed by atoms with E-state index in [0.717, 1.165) is 10.2 Å².